The molecule has 1 saturated heterocycles. The molecule has 4 heterocycles. The average molecular weight is 391 g/mol. The van der Waals surface area contributed by atoms with Crippen molar-refractivity contribution in [1.29, 1.82) is 0 Å². The van der Waals surface area contributed by atoms with E-state index < -0.39 is 0 Å². The first kappa shape index (κ1) is 17.9. The van der Waals surface area contributed by atoms with Gasteiger partial charge >= 0.3 is 0 Å². The summed E-state index contributed by atoms with van der Waals surface area (Å²) in [5, 5.41) is 0. The van der Waals surface area contributed by atoms with Crippen LogP contribution in [0.5, 0.6) is 5.75 Å². The summed E-state index contributed by atoms with van der Waals surface area (Å²) in [4.78, 5) is 11.3. The van der Waals surface area contributed by atoms with Gasteiger partial charge in [0.15, 0.2) is 11.2 Å². The number of morpholine rings is 1. The molecule has 3 aromatic heterocycles. The fourth-order valence-corrected chi connectivity index (χ4v) is 3.36. The van der Waals surface area contributed by atoms with Gasteiger partial charge in [-0.2, -0.15) is 4.98 Å². The van der Waals surface area contributed by atoms with Crippen molar-refractivity contribution >= 4 is 11.2 Å². The number of hydrogen-bond acceptors (Lipinski definition) is 7. The largest absolute Gasteiger partial charge is 0.492 e. The molecule has 1 aliphatic heterocycles. The molecule has 0 radical (unpaired) electrons. The molecule has 1 aliphatic rings. The lowest BCUT2D eigenvalue weighted by Gasteiger charge is -2.26. The van der Waals surface area contributed by atoms with Gasteiger partial charge in [-0.1, -0.05) is 6.07 Å². The van der Waals surface area contributed by atoms with Crippen LogP contribution in [0.15, 0.2) is 63.8 Å². The van der Waals surface area contributed by atoms with Crippen LogP contribution in [-0.4, -0.2) is 54.3 Å². The number of furan rings is 1. The van der Waals surface area contributed by atoms with Crippen molar-refractivity contribution in [1.82, 2.24) is 14.9 Å². The number of aromatic nitrogens is 2. The Labute approximate surface area is 167 Å². The second kappa shape index (κ2) is 8.06. The Hall–Kier alpha value is -3.16. The maximum atomic E-state index is 5.95. The molecule has 1 fully saturated rings. The number of hydrogen-bond donors (Lipinski definition) is 0. The van der Waals surface area contributed by atoms with Crippen LogP contribution in [0, 0.1) is 0 Å². The van der Waals surface area contributed by atoms with E-state index >= 15 is 0 Å². The number of pyridine rings is 1. The third kappa shape index (κ3) is 4.01. The van der Waals surface area contributed by atoms with Crippen LogP contribution in [0.25, 0.3) is 34.0 Å². The average Bonchev–Trinajstić information content (AvgIpc) is 3.44. The van der Waals surface area contributed by atoms with Crippen LogP contribution in [0.2, 0.25) is 0 Å². The van der Waals surface area contributed by atoms with Gasteiger partial charge in [0.25, 0.3) is 0 Å². The van der Waals surface area contributed by atoms with Crippen LogP contribution in [0.3, 0.4) is 0 Å². The number of rotatable bonds is 6. The molecule has 0 unspecified atom stereocenters. The highest BCUT2D eigenvalue weighted by atomic mass is 16.5. The van der Waals surface area contributed by atoms with Gasteiger partial charge in [-0.25, -0.2) is 4.98 Å². The molecule has 0 bridgehead atoms. The molecule has 7 nitrogen and oxygen atoms in total. The van der Waals surface area contributed by atoms with Crippen molar-refractivity contribution < 1.29 is 18.3 Å². The van der Waals surface area contributed by atoms with E-state index in [2.05, 4.69) is 14.9 Å². The number of fused-ring (bicyclic) bond motifs is 1. The molecule has 0 aliphatic carbocycles. The van der Waals surface area contributed by atoms with Crippen molar-refractivity contribution in [2.75, 3.05) is 39.5 Å². The van der Waals surface area contributed by atoms with E-state index in [-0.39, 0.29) is 0 Å². The highest BCUT2D eigenvalue weighted by Crippen LogP contribution is 2.29. The van der Waals surface area contributed by atoms with Crippen molar-refractivity contribution in [3.63, 3.8) is 0 Å². The lowest BCUT2D eigenvalue weighted by Crippen LogP contribution is -2.38. The van der Waals surface area contributed by atoms with Gasteiger partial charge in [-0.05, 0) is 36.4 Å². The fraction of sp³-hybridized carbons (Fsp3) is 0.273. The zero-order valence-electron chi connectivity index (χ0n) is 15.9. The van der Waals surface area contributed by atoms with Crippen molar-refractivity contribution in [3.8, 4) is 28.5 Å². The normalized spacial score (nSPS) is 15.0. The second-order valence-electron chi connectivity index (χ2n) is 6.87. The summed E-state index contributed by atoms with van der Waals surface area (Å²) in [5.41, 5.74) is 2.89. The molecule has 0 amide bonds. The first-order chi connectivity index (χ1) is 14.3. The van der Waals surface area contributed by atoms with Crippen LogP contribution >= 0.6 is 0 Å². The van der Waals surface area contributed by atoms with Crippen LogP contribution in [0.4, 0.5) is 0 Å². The maximum Gasteiger partial charge on any atom is 0.229 e. The quantitative estimate of drug-likeness (QED) is 0.494. The number of oxazole rings is 1. The Balaban J connectivity index is 1.31. The van der Waals surface area contributed by atoms with Gasteiger partial charge in [0.05, 0.1) is 19.5 Å². The first-order valence-corrected chi connectivity index (χ1v) is 9.69. The zero-order chi connectivity index (χ0) is 19.5. The Bertz CT molecular complexity index is 1080. The van der Waals surface area contributed by atoms with E-state index in [1.54, 1.807) is 12.5 Å². The van der Waals surface area contributed by atoms with Gasteiger partial charge in [0.1, 0.15) is 18.1 Å². The third-order valence-electron chi connectivity index (χ3n) is 4.91. The standard InChI is InChI=1S/C22H21N3O4/c1-3-16(13-18(4-1)27-12-8-25-6-10-26-11-7-25)22-24-21-20(29-22)14-17(15-23-21)19-5-2-9-28-19/h1-5,9,13-15H,6-8,10-12H2. The molecule has 4 aromatic rings. The molecule has 1 aromatic carbocycles. The Morgan fingerprint density at radius 2 is 1.97 bits per heavy atom. The van der Waals surface area contributed by atoms with Gasteiger partial charge in [0, 0.05) is 37.0 Å². The van der Waals surface area contributed by atoms with Gasteiger partial charge in [0.2, 0.25) is 5.89 Å². The minimum Gasteiger partial charge on any atom is -0.492 e. The molecule has 5 rings (SSSR count). The summed E-state index contributed by atoms with van der Waals surface area (Å²) in [6.45, 7) is 5.02. The molecule has 29 heavy (non-hydrogen) atoms. The Morgan fingerprint density at radius 1 is 1.03 bits per heavy atom. The number of nitrogens with zero attached hydrogens (tertiary/aromatic N) is 3. The predicted octanol–water partition coefficient (Wildman–Crippen LogP) is 3.86. The van der Waals surface area contributed by atoms with Crippen LogP contribution in [0.1, 0.15) is 0 Å². The molecule has 7 heteroatoms. The highest BCUT2D eigenvalue weighted by molar-refractivity contribution is 5.77. The van der Waals surface area contributed by atoms with E-state index in [1.165, 1.54) is 0 Å². The van der Waals surface area contributed by atoms with E-state index in [9.17, 15) is 0 Å². The molecule has 0 atom stereocenters. The number of ether oxygens (including phenoxy) is 2. The zero-order valence-corrected chi connectivity index (χ0v) is 15.9. The summed E-state index contributed by atoms with van der Waals surface area (Å²) in [6.07, 6.45) is 3.37. The van der Waals surface area contributed by atoms with Gasteiger partial charge < -0.3 is 18.3 Å². The van der Waals surface area contributed by atoms with E-state index in [4.69, 9.17) is 18.3 Å². The fourth-order valence-electron chi connectivity index (χ4n) is 3.36. The lowest BCUT2D eigenvalue weighted by atomic mass is 10.2. The summed E-state index contributed by atoms with van der Waals surface area (Å²) in [7, 11) is 0. The van der Waals surface area contributed by atoms with Crippen LogP contribution in [-0.2, 0) is 4.74 Å². The first-order valence-electron chi connectivity index (χ1n) is 9.69. The smallest absolute Gasteiger partial charge is 0.229 e. The third-order valence-corrected chi connectivity index (χ3v) is 4.91. The van der Waals surface area contributed by atoms with Crippen molar-refractivity contribution in [3.05, 3.63) is 54.9 Å². The van der Waals surface area contributed by atoms with E-state index in [0.29, 0.717) is 23.7 Å². The van der Waals surface area contributed by atoms with Crippen molar-refractivity contribution in [2.45, 2.75) is 0 Å². The summed E-state index contributed by atoms with van der Waals surface area (Å²) in [6, 6.07) is 13.4. The molecule has 148 valence electrons. The molecule has 0 spiro atoms. The van der Waals surface area contributed by atoms with Crippen molar-refractivity contribution in [2.24, 2.45) is 0 Å². The monoisotopic (exact) mass is 391 g/mol. The SMILES string of the molecule is c1cc(OCCN2CCOCC2)cc(-c2nc3ncc(-c4ccco4)cc3o2)c1. The van der Waals surface area contributed by atoms with Crippen LogP contribution < -0.4 is 4.74 Å². The van der Waals surface area contributed by atoms with Gasteiger partial charge in [-0.15, -0.1) is 0 Å². The lowest BCUT2D eigenvalue weighted by molar-refractivity contribution is 0.0322. The molecular weight excluding hydrogens is 370 g/mol. The Morgan fingerprint density at radius 3 is 2.83 bits per heavy atom. The maximum absolute atomic E-state index is 5.95. The topological polar surface area (TPSA) is 73.8 Å². The summed E-state index contributed by atoms with van der Waals surface area (Å²) < 4.78 is 22.7. The van der Waals surface area contributed by atoms with Gasteiger partial charge in [-0.3, -0.25) is 4.90 Å². The molecule has 0 saturated carbocycles. The molecular formula is C22H21N3O4. The molecule has 0 N–H and O–H groups in total. The van der Waals surface area contributed by atoms with E-state index in [1.807, 2.05) is 42.5 Å². The minimum absolute atomic E-state index is 0.516. The minimum atomic E-state index is 0.516. The van der Waals surface area contributed by atoms with E-state index in [0.717, 1.165) is 55.5 Å². The summed E-state index contributed by atoms with van der Waals surface area (Å²) in [5.74, 6) is 2.05. The summed E-state index contributed by atoms with van der Waals surface area (Å²) >= 11 is 0. The highest BCUT2D eigenvalue weighted by Gasteiger charge is 2.13. The Kier molecular flexibility index (Phi) is 4.98. The second-order valence-corrected chi connectivity index (χ2v) is 6.87. The number of benzene rings is 1. The predicted molar refractivity (Wildman–Crippen MR) is 108 cm³/mol.